The number of imidazole rings is 1. The second-order valence-electron chi connectivity index (χ2n) is 6.27. The van der Waals surface area contributed by atoms with E-state index in [1.807, 2.05) is 12.5 Å². The molecule has 0 aromatic carbocycles. The molecule has 1 aromatic heterocycles. The van der Waals surface area contributed by atoms with Gasteiger partial charge < -0.3 is 15.0 Å². The van der Waals surface area contributed by atoms with E-state index < -0.39 is 0 Å². The molecule has 2 N–H and O–H groups in total. The monoisotopic (exact) mass is 249 g/mol. The van der Waals surface area contributed by atoms with Crippen molar-refractivity contribution < 1.29 is 4.74 Å². The molecular weight excluding hydrogens is 226 g/mol. The van der Waals surface area contributed by atoms with Gasteiger partial charge >= 0.3 is 0 Å². The fraction of sp³-hybridized carbons (Fsp3) is 0.786. The average molecular weight is 249 g/mol. The molecule has 0 radical (unpaired) electrons. The van der Waals surface area contributed by atoms with Crippen molar-refractivity contribution in [3.63, 3.8) is 0 Å². The Bertz CT molecular complexity index is 416. The SMILES string of the molecule is CC(C)(C1CC1)n1cncc1C(N)C1CCOC1. The smallest absolute Gasteiger partial charge is 0.0953 e. The molecule has 1 aromatic rings. The zero-order valence-corrected chi connectivity index (χ0v) is 11.3. The van der Waals surface area contributed by atoms with Gasteiger partial charge in [-0.1, -0.05) is 0 Å². The Morgan fingerprint density at radius 1 is 1.44 bits per heavy atom. The lowest BCUT2D eigenvalue weighted by Crippen LogP contribution is -2.33. The maximum Gasteiger partial charge on any atom is 0.0953 e. The lowest BCUT2D eigenvalue weighted by molar-refractivity contribution is 0.179. The van der Waals surface area contributed by atoms with Crippen LogP contribution in [0.25, 0.3) is 0 Å². The van der Waals surface area contributed by atoms with E-state index in [1.54, 1.807) is 0 Å². The summed E-state index contributed by atoms with van der Waals surface area (Å²) in [4.78, 5) is 4.33. The van der Waals surface area contributed by atoms with Gasteiger partial charge in [0, 0.05) is 24.3 Å². The molecule has 1 aliphatic carbocycles. The molecular formula is C14H23N3O. The van der Waals surface area contributed by atoms with Crippen molar-refractivity contribution in [2.45, 2.75) is 44.7 Å². The standard InChI is InChI=1S/C14H23N3O/c1-14(2,11-3-4-11)17-9-16-7-12(17)13(15)10-5-6-18-8-10/h7,9-11,13H,3-6,8,15H2,1-2H3. The molecule has 2 atom stereocenters. The summed E-state index contributed by atoms with van der Waals surface area (Å²) >= 11 is 0. The van der Waals surface area contributed by atoms with E-state index in [-0.39, 0.29) is 11.6 Å². The third-order valence-electron chi connectivity index (χ3n) is 4.68. The van der Waals surface area contributed by atoms with Gasteiger partial charge in [0.15, 0.2) is 0 Å². The molecule has 2 unspecified atom stereocenters. The predicted octanol–water partition coefficient (Wildman–Crippen LogP) is 2.06. The number of hydrogen-bond donors (Lipinski definition) is 1. The molecule has 0 bridgehead atoms. The molecule has 100 valence electrons. The van der Waals surface area contributed by atoms with Crippen molar-refractivity contribution in [1.82, 2.24) is 9.55 Å². The lowest BCUT2D eigenvalue weighted by Gasteiger charge is -2.31. The van der Waals surface area contributed by atoms with Gasteiger partial charge in [0.25, 0.3) is 0 Å². The molecule has 4 heteroatoms. The summed E-state index contributed by atoms with van der Waals surface area (Å²) in [6, 6.07) is 0.0491. The first-order valence-corrected chi connectivity index (χ1v) is 6.96. The van der Waals surface area contributed by atoms with Gasteiger partial charge in [-0.05, 0) is 39.0 Å². The van der Waals surface area contributed by atoms with Gasteiger partial charge in [-0.3, -0.25) is 0 Å². The molecule has 3 rings (SSSR count). The van der Waals surface area contributed by atoms with Crippen LogP contribution in [0.1, 0.15) is 44.8 Å². The number of nitrogens with zero attached hydrogens (tertiary/aromatic N) is 2. The number of ether oxygens (including phenoxy) is 1. The molecule has 2 aliphatic rings. The first-order valence-electron chi connectivity index (χ1n) is 6.96. The fourth-order valence-electron chi connectivity index (χ4n) is 3.10. The van der Waals surface area contributed by atoms with Gasteiger partial charge in [-0.15, -0.1) is 0 Å². The maximum absolute atomic E-state index is 6.42. The van der Waals surface area contributed by atoms with Crippen molar-refractivity contribution in [3.8, 4) is 0 Å². The van der Waals surface area contributed by atoms with Crippen molar-refractivity contribution in [3.05, 3.63) is 18.2 Å². The average Bonchev–Trinajstić information content (AvgIpc) is 2.91. The molecule has 0 spiro atoms. The summed E-state index contributed by atoms with van der Waals surface area (Å²) in [5, 5.41) is 0. The molecule has 1 saturated heterocycles. The van der Waals surface area contributed by atoms with Crippen LogP contribution in [0, 0.1) is 11.8 Å². The highest BCUT2D eigenvalue weighted by atomic mass is 16.5. The van der Waals surface area contributed by atoms with E-state index in [4.69, 9.17) is 10.5 Å². The third kappa shape index (κ3) is 1.97. The minimum Gasteiger partial charge on any atom is -0.381 e. The van der Waals surface area contributed by atoms with Crippen LogP contribution < -0.4 is 5.73 Å². The Morgan fingerprint density at radius 3 is 2.83 bits per heavy atom. The van der Waals surface area contributed by atoms with E-state index in [9.17, 15) is 0 Å². The molecule has 1 saturated carbocycles. The summed E-state index contributed by atoms with van der Waals surface area (Å²) in [5.74, 6) is 1.22. The topological polar surface area (TPSA) is 53.1 Å². The zero-order valence-electron chi connectivity index (χ0n) is 11.3. The van der Waals surface area contributed by atoms with E-state index in [2.05, 4.69) is 23.4 Å². The summed E-state index contributed by atoms with van der Waals surface area (Å²) in [6.07, 6.45) is 7.60. The van der Waals surface area contributed by atoms with Crippen LogP contribution in [-0.4, -0.2) is 22.8 Å². The van der Waals surface area contributed by atoms with Gasteiger partial charge in [0.05, 0.1) is 24.7 Å². The minimum atomic E-state index is 0.0491. The Labute approximate surface area is 109 Å². The Kier molecular flexibility index (Phi) is 2.94. The number of hydrogen-bond acceptors (Lipinski definition) is 3. The van der Waals surface area contributed by atoms with E-state index >= 15 is 0 Å². The van der Waals surface area contributed by atoms with Crippen LogP contribution in [0.5, 0.6) is 0 Å². The highest BCUT2D eigenvalue weighted by molar-refractivity contribution is 5.12. The zero-order chi connectivity index (χ0) is 12.8. The van der Waals surface area contributed by atoms with Crippen LogP contribution in [0.3, 0.4) is 0 Å². The van der Waals surface area contributed by atoms with Gasteiger partial charge in [0.2, 0.25) is 0 Å². The Hall–Kier alpha value is -0.870. The van der Waals surface area contributed by atoms with Crippen LogP contribution >= 0.6 is 0 Å². The largest absolute Gasteiger partial charge is 0.381 e. The summed E-state index contributed by atoms with van der Waals surface area (Å²) in [7, 11) is 0. The van der Waals surface area contributed by atoms with Crippen molar-refractivity contribution >= 4 is 0 Å². The van der Waals surface area contributed by atoms with Crippen LogP contribution in [-0.2, 0) is 10.3 Å². The Morgan fingerprint density at radius 2 is 2.22 bits per heavy atom. The van der Waals surface area contributed by atoms with E-state index in [0.717, 1.165) is 25.6 Å². The summed E-state index contributed by atoms with van der Waals surface area (Å²) < 4.78 is 7.75. The van der Waals surface area contributed by atoms with Gasteiger partial charge in [-0.2, -0.15) is 0 Å². The van der Waals surface area contributed by atoms with E-state index in [0.29, 0.717) is 5.92 Å². The molecule has 2 fully saturated rings. The number of aromatic nitrogens is 2. The lowest BCUT2D eigenvalue weighted by atomic mass is 9.93. The summed E-state index contributed by atoms with van der Waals surface area (Å²) in [6.45, 7) is 6.23. The first-order chi connectivity index (χ1) is 8.60. The molecule has 1 aliphatic heterocycles. The second-order valence-corrected chi connectivity index (χ2v) is 6.27. The first kappa shape index (κ1) is 12.2. The summed E-state index contributed by atoms with van der Waals surface area (Å²) in [5.41, 5.74) is 7.73. The third-order valence-corrected chi connectivity index (χ3v) is 4.68. The van der Waals surface area contributed by atoms with Crippen LogP contribution in [0.2, 0.25) is 0 Å². The Balaban J connectivity index is 1.86. The van der Waals surface area contributed by atoms with Crippen molar-refractivity contribution in [2.75, 3.05) is 13.2 Å². The van der Waals surface area contributed by atoms with Crippen LogP contribution in [0.15, 0.2) is 12.5 Å². The number of nitrogens with two attached hydrogens (primary N) is 1. The minimum absolute atomic E-state index is 0.0491. The predicted molar refractivity (Wildman–Crippen MR) is 70.1 cm³/mol. The number of rotatable bonds is 4. The molecule has 4 nitrogen and oxygen atoms in total. The quantitative estimate of drug-likeness (QED) is 0.888. The fourth-order valence-corrected chi connectivity index (χ4v) is 3.10. The van der Waals surface area contributed by atoms with Crippen molar-refractivity contribution in [1.29, 1.82) is 0 Å². The van der Waals surface area contributed by atoms with Crippen LogP contribution in [0.4, 0.5) is 0 Å². The van der Waals surface area contributed by atoms with Crippen molar-refractivity contribution in [2.24, 2.45) is 17.6 Å². The molecule has 0 amide bonds. The second kappa shape index (κ2) is 4.35. The highest BCUT2D eigenvalue weighted by Crippen LogP contribution is 2.45. The molecule has 2 heterocycles. The van der Waals surface area contributed by atoms with Gasteiger partial charge in [0.1, 0.15) is 0 Å². The normalized spacial score (nSPS) is 26.5. The molecule has 18 heavy (non-hydrogen) atoms. The van der Waals surface area contributed by atoms with E-state index in [1.165, 1.54) is 18.5 Å². The van der Waals surface area contributed by atoms with Gasteiger partial charge in [-0.25, -0.2) is 4.98 Å². The highest BCUT2D eigenvalue weighted by Gasteiger charge is 2.41. The maximum atomic E-state index is 6.42.